The molecule has 3 heterocycles. The van der Waals surface area contributed by atoms with Gasteiger partial charge in [-0.05, 0) is 43.3 Å². The van der Waals surface area contributed by atoms with Crippen molar-refractivity contribution in [2.24, 2.45) is 11.8 Å². The Hall–Kier alpha value is -3.00. The highest BCUT2D eigenvalue weighted by Gasteiger charge is 2.67. The summed E-state index contributed by atoms with van der Waals surface area (Å²) in [5.74, 6) is -3.51. The molecular weight excluding hydrogens is 355 g/mol. The minimum absolute atomic E-state index is 0.256. The van der Waals surface area contributed by atoms with Crippen molar-refractivity contribution in [1.82, 2.24) is 5.32 Å². The van der Waals surface area contributed by atoms with Gasteiger partial charge in [0.15, 0.2) is 0 Å². The lowest BCUT2D eigenvalue weighted by atomic mass is 9.81. The molecule has 2 fully saturated rings. The van der Waals surface area contributed by atoms with Crippen molar-refractivity contribution in [3.05, 3.63) is 54.2 Å². The fourth-order valence-electron chi connectivity index (χ4n) is 4.10. The number of halogens is 1. The second-order valence-corrected chi connectivity index (χ2v) is 6.82. The maximum absolute atomic E-state index is 13.2. The number of furan rings is 1. The lowest BCUT2D eigenvalue weighted by Gasteiger charge is -2.28. The maximum Gasteiger partial charge on any atom is 0.326 e. The number of amides is 2. The van der Waals surface area contributed by atoms with Crippen LogP contribution in [-0.2, 0) is 19.1 Å². The van der Waals surface area contributed by atoms with E-state index >= 15 is 0 Å². The molecule has 0 saturated carbocycles. The molecule has 0 aliphatic carbocycles. The molecule has 2 saturated heterocycles. The number of hydrogen-bond donors (Lipinski definition) is 1. The van der Waals surface area contributed by atoms with E-state index in [1.165, 1.54) is 37.6 Å². The van der Waals surface area contributed by atoms with E-state index in [1.807, 2.05) is 0 Å². The molecular formula is C19H17FN2O5. The SMILES string of the molecule is COC(=O)[C@@]1(C)N[C@@H](c2ccco2)[C@H]2C(=O)N(c3ccc(F)cc3)C(=O)[C@@H]21. The zero-order valence-electron chi connectivity index (χ0n) is 14.6. The molecule has 0 radical (unpaired) electrons. The van der Waals surface area contributed by atoms with Gasteiger partial charge in [0.25, 0.3) is 0 Å². The molecule has 8 heteroatoms. The molecule has 0 unspecified atom stereocenters. The van der Waals surface area contributed by atoms with Crippen LogP contribution in [0.25, 0.3) is 0 Å². The minimum Gasteiger partial charge on any atom is -0.468 e. The second kappa shape index (κ2) is 6.02. The highest BCUT2D eigenvalue weighted by atomic mass is 19.1. The molecule has 1 N–H and O–H groups in total. The molecule has 0 spiro atoms. The van der Waals surface area contributed by atoms with Crippen LogP contribution in [0.5, 0.6) is 0 Å². The number of nitrogens with one attached hydrogen (secondary N) is 1. The lowest BCUT2D eigenvalue weighted by molar-refractivity contribution is -0.151. The van der Waals surface area contributed by atoms with Gasteiger partial charge in [0.1, 0.15) is 17.1 Å². The normalized spacial score (nSPS) is 29.9. The van der Waals surface area contributed by atoms with Crippen LogP contribution in [0.2, 0.25) is 0 Å². The van der Waals surface area contributed by atoms with E-state index in [9.17, 15) is 18.8 Å². The van der Waals surface area contributed by atoms with Gasteiger partial charge in [-0.15, -0.1) is 0 Å². The summed E-state index contributed by atoms with van der Waals surface area (Å²) < 4.78 is 23.6. The molecule has 2 aromatic rings. The Balaban J connectivity index is 1.81. The molecule has 0 bridgehead atoms. The summed E-state index contributed by atoms with van der Waals surface area (Å²) in [6.07, 6.45) is 1.46. The maximum atomic E-state index is 13.2. The number of imide groups is 1. The average molecular weight is 372 g/mol. The first kappa shape index (κ1) is 17.4. The first-order chi connectivity index (χ1) is 12.9. The van der Waals surface area contributed by atoms with Gasteiger partial charge < -0.3 is 9.15 Å². The summed E-state index contributed by atoms with van der Waals surface area (Å²) >= 11 is 0. The predicted octanol–water partition coefficient (Wildman–Crippen LogP) is 1.80. The van der Waals surface area contributed by atoms with Crippen LogP contribution in [0.4, 0.5) is 10.1 Å². The molecule has 2 aliphatic rings. The van der Waals surface area contributed by atoms with Crippen LogP contribution in [0.1, 0.15) is 18.7 Å². The van der Waals surface area contributed by atoms with Crippen molar-refractivity contribution in [2.45, 2.75) is 18.5 Å². The largest absolute Gasteiger partial charge is 0.468 e. The van der Waals surface area contributed by atoms with E-state index in [4.69, 9.17) is 9.15 Å². The van der Waals surface area contributed by atoms with Gasteiger partial charge in [0, 0.05) is 0 Å². The molecule has 2 amide bonds. The van der Waals surface area contributed by atoms with Crippen molar-refractivity contribution >= 4 is 23.5 Å². The van der Waals surface area contributed by atoms with E-state index < -0.39 is 47.0 Å². The number of benzene rings is 1. The second-order valence-electron chi connectivity index (χ2n) is 6.82. The number of hydrogen-bond acceptors (Lipinski definition) is 6. The third kappa shape index (κ3) is 2.40. The number of carbonyl (C=O) groups excluding carboxylic acids is 3. The topological polar surface area (TPSA) is 88.8 Å². The number of nitrogens with zero attached hydrogens (tertiary/aromatic N) is 1. The van der Waals surface area contributed by atoms with Gasteiger partial charge in [-0.25, -0.2) is 9.29 Å². The van der Waals surface area contributed by atoms with E-state index in [-0.39, 0.29) is 5.69 Å². The van der Waals surface area contributed by atoms with Gasteiger partial charge in [-0.1, -0.05) is 0 Å². The van der Waals surface area contributed by atoms with Crippen LogP contribution in [-0.4, -0.2) is 30.4 Å². The molecule has 4 rings (SSSR count). The Morgan fingerprint density at radius 1 is 1.22 bits per heavy atom. The van der Waals surface area contributed by atoms with Crippen LogP contribution in [0.3, 0.4) is 0 Å². The van der Waals surface area contributed by atoms with Crippen molar-refractivity contribution in [1.29, 1.82) is 0 Å². The number of anilines is 1. The Morgan fingerprint density at radius 3 is 2.52 bits per heavy atom. The number of rotatable bonds is 3. The van der Waals surface area contributed by atoms with Crippen molar-refractivity contribution in [3.63, 3.8) is 0 Å². The first-order valence-corrected chi connectivity index (χ1v) is 8.41. The Kier molecular flexibility index (Phi) is 3.88. The highest BCUT2D eigenvalue weighted by Crippen LogP contribution is 2.49. The first-order valence-electron chi connectivity index (χ1n) is 8.41. The van der Waals surface area contributed by atoms with E-state index in [0.717, 1.165) is 4.90 Å². The summed E-state index contributed by atoms with van der Waals surface area (Å²) in [6.45, 7) is 1.54. The number of carbonyl (C=O) groups is 3. The third-order valence-electron chi connectivity index (χ3n) is 5.33. The minimum atomic E-state index is -1.40. The zero-order chi connectivity index (χ0) is 19.3. The standard InChI is InChI=1S/C19H17FN2O5/c1-19(18(25)26-2)14-13(15(21-19)12-4-3-9-27-12)16(23)22(17(14)24)11-7-5-10(20)6-8-11/h3-9,13-15,21H,1-2H3/t13-,14+,15-,19-/m0/s1. The molecule has 140 valence electrons. The summed E-state index contributed by atoms with van der Waals surface area (Å²) in [4.78, 5) is 39.8. The molecule has 2 aliphatic heterocycles. The van der Waals surface area contributed by atoms with Crippen molar-refractivity contribution in [2.75, 3.05) is 12.0 Å². The number of fused-ring (bicyclic) bond motifs is 1. The molecule has 7 nitrogen and oxygen atoms in total. The molecule has 1 aromatic carbocycles. The summed E-state index contributed by atoms with van der Waals surface area (Å²) in [5, 5.41) is 3.07. The van der Waals surface area contributed by atoms with Gasteiger partial charge >= 0.3 is 5.97 Å². The van der Waals surface area contributed by atoms with Crippen molar-refractivity contribution in [3.8, 4) is 0 Å². The van der Waals surface area contributed by atoms with Crippen LogP contribution < -0.4 is 10.2 Å². The predicted molar refractivity (Wildman–Crippen MR) is 90.9 cm³/mol. The van der Waals surface area contributed by atoms with Crippen LogP contribution in [0, 0.1) is 17.7 Å². The fraction of sp³-hybridized carbons (Fsp3) is 0.316. The Labute approximate surface area is 154 Å². The third-order valence-corrected chi connectivity index (χ3v) is 5.33. The Bertz CT molecular complexity index is 911. The van der Waals surface area contributed by atoms with Gasteiger partial charge in [-0.2, -0.15) is 0 Å². The molecule has 27 heavy (non-hydrogen) atoms. The summed E-state index contributed by atoms with van der Waals surface area (Å²) in [5.41, 5.74) is -1.15. The number of esters is 1. The monoisotopic (exact) mass is 372 g/mol. The van der Waals surface area contributed by atoms with Crippen LogP contribution in [0.15, 0.2) is 47.1 Å². The zero-order valence-corrected chi connectivity index (χ0v) is 14.6. The van der Waals surface area contributed by atoms with Gasteiger partial charge in [-0.3, -0.25) is 19.7 Å². The quantitative estimate of drug-likeness (QED) is 0.653. The van der Waals surface area contributed by atoms with Crippen LogP contribution >= 0.6 is 0 Å². The van der Waals surface area contributed by atoms with Gasteiger partial charge in [0.2, 0.25) is 11.8 Å². The van der Waals surface area contributed by atoms with E-state index in [1.54, 1.807) is 19.1 Å². The lowest BCUT2D eigenvalue weighted by Crippen LogP contribution is -2.54. The van der Waals surface area contributed by atoms with Gasteiger partial charge in [0.05, 0.1) is 36.9 Å². The smallest absolute Gasteiger partial charge is 0.326 e. The summed E-state index contributed by atoms with van der Waals surface area (Å²) in [6, 6.07) is 7.73. The fourth-order valence-corrected chi connectivity index (χ4v) is 4.10. The van der Waals surface area contributed by atoms with E-state index in [0.29, 0.717) is 5.76 Å². The average Bonchev–Trinajstić information content (AvgIpc) is 3.34. The summed E-state index contributed by atoms with van der Waals surface area (Å²) in [7, 11) is 1.23. The van der Waals surface area contributed by atoms with E-state index in [2.05, 4.69) is 5.32 Å². The number of methoxy groups -OCH3 is 1. The Morgan fingerprint density at radius 2 is 1.93 bits per heavy atom. The van der Waals surface area contributed by atoms with Crippen molar-refractivity contribution < 1.29 is 27.9 Å². The molecule has 1 aromatic heterocycles. The highest BCUT2D eigenvalue weighted by molar-refractivity contribution is 6.24. The molecule has 4 atom stereocenters. The number of ether oxygens (including phenoxy) is 1.